The van der Waals surface area contributed by atoms with E-state index in [2.05, 4.69) is 55.9 Å². The molecule has 6 atom stereocenters. The van der Waals surface area contributed by atoms with Gasteiger partial charge in [0.25, 0.3) is 5.96 Å². The highest BCUT2D eigenvalue weighted by atomic mass is 16.7. The second-order valence-corrected chi connectivity index (χ2v) is 13.5. The number of amides is 2. The third-order valence-corrected chi connectivity index (χ3v) is 9.87. The lowest BCUT2D eigenvalue weighted by molar-refractivity contribution is -0.525. The van der Waals surface area contributed by atoms with E-state index in [1.54, 1.807) is 5.43 Å². The average Bonchev–Trinajstić information content (AvgIpc) is 3.26. The summed E-state index contributed by atoms with van der Waals surface area (Å²) in [5, 5.41) is 29.3. The molecule has 5 fully saturated rings. The topological polar surface area (TPSA) is 180 Å². The van der Waals surface area contributed by atoms with Crippen LogP contribution in [0.5, 0.6) is 0 Å². The van der Waals surface area contributed by atoms with E-state index in [1.807, 2.05) is 0 Å². The van der Waals surface area contributed by atoms with Crippen LogP contribution in [0, 0.1) is 44.6 Å². The average molecular weight is 578 g/mol. The SMILES string of the molecule is CC(C)C[C@H](NC(=O)[C@H](CCCNC(=N)N[N+](=O)[O-])NC(=O)C1CCNCC1)B1O[C@@H]2C[C@@H]3C[C@@H](C3(C)C)[C@]2(C)O1. The molecular formula is C27H48BN7O6. The van der Waals surface area contributed by atoms with Crippen LogP contribution >= 0.6 is 0 Å². The summed E-state index contributed by atoms with van der Waals surface area (Å²) in [6, 6.07) is -0.794. The molecule has 0 aromatic carbocycles. The Bertz CT molecular complexity index is 993. The summed E-state index contributed by atoms with van der Waals surface area (Å²) < 4.78 is 13.2. The number of carbonyl (C=O) groups excluding carboxylic acids is 2. The van der Waals surface area contributed by atoms with E-state index in [-0.39, 0.29) is 53.3 Å². The first-order valence-electron chi connectivity index (χ1n) is 15.2. The Morgan fingerprint density at radius 3 is 2.51 bits per heavy atom. The maximum Gasteiger partial charge on any atom is 0.481 e. The molecule has 0 aromatic rings. The van der Waals surface area contributed by atoms with Crippen LogP contribution in [0.1, 0.15) is 79.6 Å². The van der Waals surface area contributed by atoms with Crippen LogP contribution in [0.3, 0.4) is 0 Å². The van der Waals surface area contributed by atoms with E-state index in [0.29, 0.717) is 43.9 Å². The fourth-order valence-electron chi connectivity index (χ4n) is 7.39. The highest BCUT2D eigenvalue weighted by Crippen LogP contribution is 2.65. The van der Waals surface area contributed by atoms with Crippen molar-refractivity contribution in [1.29, 1.82) is 5.41 Å². The molecule has 5 aliphatic rings. The van der Waals surface area contributed by atoms with Crippen LogP contribution in [0.15, 0.2) is 0 Å². The molecular weight excluding hydrogens is 529 g/mol. The van der Waals surface area contributed by atoms with Gasteiger partial charge in [-0.25, -0.2) is 10.1 Å². The summed E-state index contributed by atoms with van der Waals surface area (Å²) in [6.07, 6.45) is 4.91. The smallest absolute Gasteiger partial charge is 0.404 e. The maximum atomic E-state index is 13.7. The monoisotopic (exact) mass is 577 g/mol. The lowest BCUT2D eigenvalue weighted by atomic mass is 9.43. The van der Waals surface area contributed by atoms with E-state index in [0.717, 1.165) is 25.9 Å². The number of nitro groups is 1. The van der Waals surface area contributed by atoms with Crippen LogP contribution in [0.25, 0.3) is 0 Å². The Kier molecular flexibility index (Phi) is 9.85. The van der Waals surface area contributed by atoms with Crippen LogP contribution in [0.2, 0.25) is 0 Å². The van der Waals surface area contributed by atoms with Gasteiger partial charge in [-0.1, -0.05) is 33.1 Å². The first kappa shape index (κ1) is 31.5. The molecule has 0 spiro atoms. The van der Waals surface area contributed by atoms with Crippen LogP contribution < -0.4 is 26.7 Å². The van der Waals surface area contributed by atoms with Crippen molar-refractivity contribution in [3.8, 4) is 0 Å². The molecule has 2 bridgehead atoms. The molecule has 6 N–H and O–H groups in total. The van der Waals surface area contributed by atoms with Crippen molar-refractivity contribution in [2.75, 3.05) is 19.6 Å². The highest BCUT2D eigenvalue weighted by molar-refractivity contribution is 6.48. The molecule has 230 valence electrons. The summed E-state index contributed by atoms with van der Waals surface area (Å²) in [5.41, 5.74) is 1.57. The number of nitrogens with one attached hydrogen (secondary N) is 6. The zero-order chi connectivity index (χ0) is 29.9. The van der Waals surface area contributed by atoms with Crippen molar-refractivity contribution >= 4 is 24.9 Å². The summed E-state index contributed by atoms with van der Waals surface area (Å²) in [6.45, 7) is 12.7. The molecule has 3 saturated carbocycles. The number of hydrazine groups is 1. The normalized spacial score (nSPS) is 30.0. The number of rotatable bonds is 12. The Morgan fingerprint density at radius 1 is 1.17 bits per heavy atom. The lowest BCUT2D eigenvalue weighted by Gasteiger charge is -2.64. The minimum atomic E-state index is -0.812. The van der Waals surface area contributed by atoms with Crippen molar-refractivity contribution in [3.63, 3.8) is 0 Å². The van der Waals surface area contributed by atoms with Gasteiger partial charge in [0.1, 0.15) is 6.04 Å². The second kappa shape index (κ2) is 12.8. The van der Waals surface area contributed by atoms with Crippen molar-refractivity contribution < 1.29 is 23.9 Å². The Labute approximate surface area is 243 Å². The third kappa shape index (κ3) is 7.14. The van der Waals surface area contributed by atoms with E-state index >= 15 is 0 Å². The first-order valence-corrected chi connectivity index (χ1v) is 15.2. The van der Waals surface area contributed by atoms with Gasteiger partial charge in [0.05, 0.1) is 17.6 Å². The van der Waals surface area contributed by atoms with Gasteiger partial charge in [-0.05, 0) is 88.1 Å². The number of hydrogen-bond donors (Lipinski definition) is 6. The zero-order valence-corrected chi connectivity index (χ0v) is 25.1. The van der Waals surface area contributed by atoms with E-state index < -0.39 is 24.2 Å². The van der Waals surface area contributed by atoms with Crippen molar-refractivity contribution in [2.45, 2.75) is 103 Å². The van der Waals surface area contributed by atoms with Gasteiger partial charge in [-0.15, -0.1) is 0 Å². The Morgan fingerprint density at radius 2 is 1.88 bits per heavy atom. The Balaban J connectivity index is 1.42. The fourth-order valence-corrected chi connectivity index (χ4v) is 7.39. The third-order valence-electron chi connectivity index (χ3n) is 9.87. The fraction of sp³-hybridized carbons (Fsp3) is 0.889. The molecule has 3 aliphatic carbocycles. The van der Waals surface area contributed by atoms with E-state index in [1.165, 1.54) is 0 Å². The molecule has 13 nitrogen and oxygen atoms in total. The van der Waals surface area contributed by atoms with E-state index in [9.17, 15) is 19.7 Å². The summed E-state index contributed by atoms with van der Waals surface area (Å²) in [7, 11) is -0.567. The van der Waals surface area contributed by atoms with Crippen LogP contribution in [0.4, 0.5) is 0 Å². The number of guanidine groups is 1. The van der Waals surface area contributed by atoms with Gasteiger partial charge in [-0.3, -0.25) is 15.0 Å². The summed E-state index contributed by atoms with van der Waals surface area (Å²) in [4.78, 5) is 37.4. The molecule has 2 heterocycles. The largest absolute Gasteiger partial charge is 0.481 e. The van der Waals surface area contributed by atoms with Gasteiger partial charge < -0.3 is 30.6 Å². The minimum Gasteiger partial charge on any atom is -0.404 e. The molecule has 14 heteroatoms. The first-order chi connectivity index (χ1) is 19.3. The van der Waals surface area contributed by atoms with E-state index in [4.69, 9.17) is 14.7 Å². The number of carbonyl (C=O) groups is 2. The highest BCUT2D eigenvalue weighted by Gasteiger charge is 2.68. The zero-order valence-electron chi connectivity index (χ0n) is 25.1. The van der Waals surface area contributed by atoms with Crippen molar-refractivity contribution in [1.82, 2.24) is 26.7 Å². The quantitative estimate of drug-likeness (QED) is 0.0499. The predicted octanol–water partition coefficient (Wildman–Crippen LogP) is 1.36. The second-order valence-electron chi connectivity index (χ2n) is 13.5. The molecule has 2 saturated heterocycles. The number of hydrogen-bond acceptors (Lipinski definition) is 8. The number of nitrogens with zero attached hydrogens (tertiary/aromatic N) is 1. The molecule has 0 unspecified atom stereocenters. The van der Waals surface area contributed by atoms with Gasteiger partial charge in [0.2, 0.25) is 11.8 Å². The minimum absolute atomic E-state index is 0.000387. The Hall–Kier alpha value is -2.45. The summed E-state index contributed by atoms with van der Waals surface area (Å²) in [5.74, 6) is -0.0981. The maximum absolute atomic E-state index is 13.7. The van der Waals surface area contributed by atoms with Crippen LogP contribution in [-0.4, -0.2) is 73.2 Å². The van der Waals surface area contributed by atoms with Gasteiger partial charge in [-0.2, -0.15) is 0 Å². The molecule has 0 radical (unpaired) electrons. The molecule has 5 rings (SSSR count). The lowest BCUT2D eigenvalue weighted by Crippen LogP contribution is -2.65. The molecule has 2 amide bonds. The molecule has 2 aliphatic heterocycles. The van der Waals surface area contributed by atoms with Crippen molar-refractivity contribution in [2.24, 2.45) is 29.1 Å². The number of piperidine rings is 1. The predicted molar refractivity (Wildman–Crippen MR) is 154 cm³/mol. The van der Waals surface area contributed by atoms with Gasteiger partial charge >= 0.3 is 7.12 Å². The molecule has 41 heavy (non-hydrogen) atoms. The summed E-state index contributed by atoms with van der Waals surface area (Å²) >= 11 is 0. The molecule has 0 aromatic heterocycles. The van der Waals surface area contributed by atoms with Gasteiger partial charge in [0, 0.05) is 12.5 Å². The standard InChI is InChI=1S/C27H48BN7O6/c1-16(2)13-22(28-40-21-15-18-14-20(26(18,3)4)27(21,5)41-28)33-24(37)19(7-6-10-31-25(29)34-35(38)39)32-23(36)17-8-11-30-12-9-17/h16-22,30H,6-15H2,1-5H3,(H,32,36)(H,33,37)(H3,29,31,34)/t18-,19-,20-,21+,22-,27-/m0/s1. The van der Waals surface area contributed by atoms with Gasteiger partial charge in [0.15, 0.2) is 5.03 Å². The van der Waals surface area contributed by atoms with Crippen molar-refractivity contribution in [3.05, 3.63) is 10.1 Å². The van der Waals surface area contributed by atoms with Crippen LogP contribution in [-0.2, 0) is 18.9 Å².